The molecule has 0 bridgehead atoms. The summed E-state index contributed by atoms with van der Waals surface area (Å²) in [7, 11) is 1.59. The second-order valence-corrected chi connectivity index (χ2v) is 3.74. The average molecular weight is 266 g/mol. The van der Waals surface area contributed by atoms with Gasteiger partial charge in [0.05, 0.1) is 31.6 Å². The summed E-state index contributed by atoms with van der Waals surface area (Å²) in [6.07, 6.45) is 3.15. The largest absolute Gasteiger partial charge is 0.383 e. The highest BCUT2D eigenvalue weighted by atomic mass is 16.5. The fraction of sp³-hybridized carbons (Fsp3) is 0.417. The van der Waals surface area contributed by atoms with Crippen LogP contribution in [0.1, 0.15) is 0 Å². The zero-order valence-electron chi connectivity index (χ0n) is 10.8. The minimum Gasteiger partial charge on any atom is -0.383 e. The first-order valence-corrected chi connectivity index (χ1v) is 5.88. The predicted molar refractivity (Wildman–Crippen MR) is 70.6 cm³/mol. The zero-order chi connectivity index (χ0) is 13.9. The lowest BCUT2D eigenvalue weighted by Gasteiger charge is -2.07. The lowest BCUT2D eigenvalue weighted by atomic mass is 10.4. The molecule has 0 atom stereocenters. The Morgan fingerprint density at radius 2 is 2.16 bits per heavy atom. The molecule has 104 valence electrons. The van der Waals surface area contributed by atoms with E-state index in [-0.39, 0.29) is 24.9 Å². The van der Waals surface area contributed by atoms with Crippen LogP contribution in [0.15, 0.2) is 24.5 Å². The summed E-state index contributed by atoms with van der Waals surface area (Å²) in [5, 5.41) is 8.00. The van der Waals surface area contributed by atoms with E-state index >= 15 is 0 Å². The fourth-order valence-corrected chi connectivity index (χ4v) is 1.26. The van der Waals surface area contributed by atoms with Crippen LogP contribution in [-0.2, 0) is 14.3 Å². The van der Waals surface area contributed by atoms with Gasteiger partial charge in [-0.05, 0) is 12.1 Å². The molecular formula is C12H18N4O3. The standard InChI is InChI=1S/C12H18N4O3/c1-19-6-5-14-8-11(17)15-9-12(18)16-10-3-2-4-13-7-10/h2-4,7,14H,5-6,8-9H2,1H3,(H,15,17)(H,16,18). The molecule has 0 radical (unpaired) electrons. The van der Waals surface area contributed by atoms with Crippen LogP contribution >= 0.6 is 0 Å². The molecule has 0 aliphatic rings. The van der Waals surface area contributed by atoms with E-state index in [1.165, 1.54) is 6.20 Å². The highest BCUT2D eigenvalue weighted by Gasteiger charge is 2.05. The third kappa shape index (κ3) is 7.12. The lowest BCUT2D eigenvalue weighted by Crippen LogP contribution is -2.39. The fourth-order valence-electron chi connectivity index (χ4n) is 1.26. The van der Waals surface area contributed by atoms with Crippen molar-refractivity contribution in [3.8, 4) is 0 Å². The molecule has 0 saturated heterocycles. The molecule has 1 aromatic rings. The summed E-state index contributed by atoms with van der Waals surface area (Å²) in [5.41, 5.74) is 0.597. The maximum absolute atomic E-state index is 11.5. The van der Waals surface area contributed by atoms with Gasteiger partial charge in [0.25, 0.3) is 0 Å². The Morgan fingerprint density at radius 1 is 1.32 bits per heavy atom. The molecule has 0 unspecified atom stereocenters. The molecule has 7 heteroatoms. The van der Waals surface area contributed by atoms with Crippen LogP contribution in [0.4, 0.5) is 5.69 Å². The Balaban J connectivity index is 2.14. The summed E-state index contributed by atoms with van der Waals surface area (Å²) >= 11 is 0. The number of methoxy groups -OCH3 is 1. The van der Waals surface area contributed by atoms with Crippen LogP contribution < -0.4 is 16.0 Å². The van der Waals surface area contributed by atoms with Gasteiger partial charge in [-0.25, -0.2) is 0 Å². The van der Waals surface area contributed by atoms with E-state index in [0.29, 0.717) is 18.8 Å². The number of aromatic nitrogens is 1. The van der Waals surface area contributed by atoms with E-state index in [2.05, 4.69) is 20.9 Å². The molecule has 7 nitrogen and oxygen atoms in total. The smallest absolute Gasteiger partial charge is 0.243 e. The average Bonchev–Trinajstić information content (AvgIpc) is 2.42. The number of carbonyl (C=O) groups excluding carboxylic acids is 2. The van der Waals surface area contributed by atoms with E-state index in [1.54, 1.807) is 25.4 Å². The Hall–Kier alpha value is -1.99. The highest BCUT2D eigenvalue weighted by Crippen LogP contribution is 2.01. The summed E-state index contributed by atoms with van der Waals surface area (Å²) in [5.74, 6) is -0.532. The first-order chi connectivity index (χ1) is 9.22. The molecule has 0 aliphatic carbocycles. The van der Waals surface area contributed by atoms with Gasteiger partial charge in [-0.15, -0.1) is 0 Å². The first-order valence-electron chi connectivity index (χ1n) is 5.88. The van der Waals surface area contributed by atoms with E-state index in [1.807, 2.05) is 0 Å². The Bertz CT molecular complexity index is 397. The molecule has 0 aliphatic heterocycles. The summed E-state index contributed by atoms with van der Waals surface area (Å²) in [6, 6.07) is 3.44. The van der Waals surface area contributed by atoms with Gasteiger partial charge >= 0.3 is 0 Å². The number of pyridine rings is 1. The quantitative estimate of drug-likeness (QED) is 0.545. The normalized spacial score (nSPS) is 9.95. The van der Waals surface area contributed by atoms with Crippen LogP contribution in [0, 0.1) is 0 Å². The molecule has 0 spiro atoms. The Labute approximate surface area is 111 Å². The number of amides is 2. The number of nitrogens with zero attached hydrogens (tertiary/aromatic N) is 1. The Morgan fingerprint density at radius 3 is 2.84 bits per heavy atom. The minimum absolute atomic E-state index is 0.0698. The Kier molecular flexibility index (Phi) is 7.14. The van der Waals surface area contributed by atoms with Gasteiger partial charge in [-0.2, -0.15) is 0 Å². The van der Waals surface area contributed by atoms with Crippen molar-refractivity contribution in [2.24, 2.45) is 0 Å². The topological polar surface area (TPSA) is 92.4 Å². The first kappa shape index (κ1) is 15.1. The van der Waals surface area contributed by atoms with Crippen molar-refractivity contribution in [1.29, 1.82) is 0 Å². The minimum atomic E-state index is -0.293. The van der Waals surface area contributed by atoms with E-state index in [9.17, 15) is 9.59 Å². The van der Waals surface area contributed by atoms with Crippen molar-refractivity contribution in [1.82, 2.24) is 15.6 Å². The molecule has 1 aromatic heterocycles. The molecule has 0 saturated carbocycles. The maximum atomic E-state index is 11.5. The molecule has 1 rings (SSSR count). The van der Waals surface area contributed by atoms with Crippen molar-refractivity contribution < 1.29 is 14.3 Å². The number of nitrogens with one attached hydrogen (secondary N) is 3. The van der Waals surface area contributed by atoms with Gasteiger partial charge in [0.1, 0.15) is 0 Å². The number of rotatable bonds is 8. The van der Waals surface area contributed by atoms with Crippen molar-refractivity contribution in [3.05, 3.63) is 24.5 Å². The van der Waals surface area contributed by atoms with Crippen molar-refractivity contribution in [2.45, 2.75) is 0 Å². The summed E-state index contributed by atoms with van der Waals surface area (Å²) in [4.78, 5) is 26.7. The van der Waals surface area contributed by atoms with Gasteiger partial charge in [0.15, 0.2) is 0 Å². The van der Waals surface area contributed by atoms with Gasteiger partial charge in [0.2, 0.25) is 11.8 Å². The van der Waals surface area contributed by atoms with Gasteiger partial charge in [0, 0.05) is 19.9 Å². The van der Waals surface area contributed by atoms with Crippen molar-refractivity contribution in [3.63, 3.8) is 0 Å². The number of hydrogen-bond donors (Lipinski definition) is 3. The summed E-state index contributed by atoms with van der Waals surface area (Å²) in [6.45, 7) is 1.21. The number of carbonyl (C=O) groups is 2. The molecule has 2 amide bonds. The molecule has 19 heavy (non-hydrogen) atoms. The third-order valence-electron chi connectivity index (χ3n) is 2.16. The van der Waals surface area contributed by atoms with E-state index < -0.39 is 0 Å². The molecule has 3 N–H and O–H groups in total. The van der Waals surface area contributed by atoms with Crippen LogP contribution in [0.3, 0.4) is 0 Å². The second kappa shape index (κ2) is 9.01. The van der Waals surface area contributed by atoms with Crippen LogP contribution in [0.25, 0.3) is 0 Å². The SMILES string of the molecule is COCCNCC(=O)NCC(=O)Nc1cccnc1. The van der Waals surface area contributed by atoms with Gasteiger partial charge in [-0.3, -0.25) is 14.6 Å². The van der Waals surface area contributed by atoms with Gasteiger partial charge in [-0.1, -0.05) is 0 Å². The number of hydrogen-bond acceptors (Lipinski definition) is 5. The second-order valence-electron chi connectivity index (χ2n) is 3.74. The monoisotopic (exact) mass is 266 g/mol. The molecule has 0 aromatic carbocycles. The van der Waals surface area contributed by atoms with Crippen LogP contribution in [0.2, 0.25) is 0 Å². The van der Waals surface area contributed by atoms with E-state index in [0.717, 1.165) is 0 Å². The predicted octanol–water partition coefficient (Wildman–Crippen LogP) is -0.628. The van der Waals surface area contributed by atoms with E-state index in [4.69, 9.17) is 4.74 Å². The third-order valence-corrected chi connectivity index (χ3v) is 2.16. The summed E-state index contributed by atoms with van der Waals surface area (Å²) < 4.78 is 4.82. The molecule has 0 fully saturated rings. The molecule has 1 heterocycles. The zero-order valence-corrected chi connectivity index (χ0v) is 10.8. The van der Waals surface area contributed by atoms with Crippen molar-refractivity contribution in [2.75, 3.05) is 38.7 Å². The molecular weight excluding hydrogens is 248 g/mol. The lowest BCUT2D eigenvalue weighted by molar-refractivity contribution is -0.123. The van der Waals surface area contributed by atoms with Crippen molar-refractivity contribution >= 4 is 17.5 Å². The number of ether oxygens (including phenoxy) is 1. The van der Waals surface area contributed by atoms with Crippen LogP contribution in [0.5, 0.6) is 0 Å². The maximum Gasteiger partial charge on any atom is 0.243 e. The van der Waals surface area contributed by atoms with Gasteiger partial charge < -0.3 is 20.7 Å². The highest BCUT2D eigenvalue weighted by molar-refractivity contribution is 5.94. The van der Waals surface area contributed by atoms with Crippen LogP contribution in [-0.4, -0.2) is 50.1 Å². The number of anilines is 1.